The fraction of sp³-hybridized carbons (Fsp3) is 0.333. The molecule has 0 fully saturated rings. The van der Waals surface area contributed by atoms with Crippen molar-refractivity contribution in [2.45, 2.75) is 49.9 Å². The molecule has 0 radical (unpaired) electrons. The molecule has 0 saturated carbocycles. The molecule has 1 aromatic heterocycles. The van der Waals surface area contributed by atoms with Crippen LogP contribution >= 0.6 is 23.1 Å². The maximum Gasteiger partial charge on any atom is 0.416 e. The highest BCUT2D eigenvalue weighted by Gasteiger charge is 2.30. The topological polar surface area (TPSA) is 55.4 Å². The van der Waals surface area contributed by atoms with Gasteiger partial charge < -0.3 is 10.1 Å². The lowest BCUT2D eigenvalue weighted by Crippen LogP contribution is -2.25. The predicted octanol–water partition coefficient (Wildman–Crippen LogP) is 7.59. The number of carbonyl (C=O) groups is 2. The van der Waals surface area contributed by atoms with E-state index in [4.69, 9.17) is 0 Å². The van der Waals surface area contributed by atoms with Gasteiger partial charge in [-0.05, 0) is 78.9 Å². The van der Waals surface area contributed by atoms with Gasteiger partial charge in [-0.25, -0.2) is 0 Å². The molecule has 0 saturated heterocycles. The van der Waals surface area contributed by atoms with Gasteiger partial charge in [0.1, 0.15) is 0 Å². The standard InChI is InChI=1S/C27H28F3NO3S2/c1-5-21(22-10-11-23(36-22)26(33)31-13-12-24(32)34-4)35-20-14-16(2)25(17(3)15-20)18-6-8-19(9-7-18)27(28,29)30/h6-11,14-15,21H,5,12-13H2,1-4H3,(H,31,33)/t21-/m1/s1. The van der Waals surface area contributed by atoms with Crippen LogP contribution in [-0.2, 0) is 15.7 Å². The van der Waals surface area contributed by atoms with Crippen LogP contribution < -0.4 is 5.32 Å². The van der Waals surface area contributed by atoms with Crippen molar-refractivity contribution in [2.75, 3.05) is 13.7 Å². The number of hydrogen-bond donors (Lipinski definition) is 1. The summed E-state index contributed by atoms with van der Waals surface area (Å²) in [7, 11) is 1.31. The molecule has 1 atom stereocenters. The van der Waals surface area contributed by atoms with Gasteiger partial charge >= 0.3 is 12.1 Å². The number of hydrogen-bond acceptors (Lipinski definition) is 5. The number of thiophene rings is 1. The largest absolute Gasteiger partial charge is 0.469 e. The Labute approximate surface area is 217 Å². The van der Waals surface area contributed by atoms with Crippen molar-refractivity contribution in [3.05, 3.63) is 75.0 Å². The molecular formula is C27H28F3NO3S2. The quantitative estimate of drug-likeness (QED) is 0.227. The third-order valence-electron chi connectivity index (χ3n) is 5.67. The number of carbonyl (C=O) groups excluding carboxylic acids is 2. The average Bonchev–Trinajstić information content (AvgIpc) is 3.32. The maximum atomic E-state index is 12.9. The molecule has 0 spiro atoms. The molecule has 3 aromatic rings. The van der Waals surface area contributed by atoms with E-state index in [1.807, 2.05) is 19.9 Å². The third-order valence-corrected chi connectivity index (χ3v) is 8.39. The minimum atomic E-state index is -4.36. The first-order chi connectivity index (χ1) is 17.0. The molecule has 0 aliphatic carbocycles. The van der Waals surface area contributed by atoms with Crippen molar-refractivity contribution in [1.82, 2.24) is 5.32 Å². The summed E-state index contributed by atoms with van der Waals surface area (Å²) in [6.07, 6.45) is -3.38. The number of thioether (sulfide) groups is 1. The van der Waals surface area contributed by atoms with E-state index >= 15 is 0 Å². The van der Waals surface area contributed by atoms with E-state index in [1.165, 1.54) is 30.6 Å². The number of amides is 1. The number of esters is 1. The van der Waals surface area contributed by atoms with Crippen LogP contribution in [0.15, 0.2) is 53.4 Å². The molecule has 1 amide bonds. The molecule has 2 aromatic carbocycles. The molecule has 9 heteroatoms. The van der Waals surface area contributed by atoms with Gasteiger partial charge in [-0.3, -0.25) is 9.59 Å². The van der Waals surface area contributed by atoms with Crippen molar-refractivity contribution in [1.29, 1.82) is 0 Å². The number of methoxy groups -OCH3 is 1. The third kappa shape index (κ3) is 6.91. The average molecular weight is 536 g/mol. The zero-order chi connectivity index (χ0) is 26.5. The monoisotopic (exact) mass is 535 g/mol. The van der Waals surface area contributed by atoms with E-state index < -0.39 is 11.7 Å². The molecule has 36 heavy (non-hydrogen) atoms. The smallest absolute Gasteiger partial charge is 0.416 e. The van der Waals surface area contributed by atoms with Gasteiger partial charge in [-0.1, -0.05) is 19.1 Å². The Bertz CT molecular complexity index is 1200. The second kappa shape index (κ2) is 12.0. The summed E-state index contributed by atoms with van der Waals surface area (Å²) in [4.78, 5) is 26.3. The summed E-state index contributed by atoms with van der Waals surface area (Å²) in [5.41, 5.74) is 3.01. The Kier molecular flexibility index (Phi) is 9.24. The molecule has 0 bridgehead atoms. The molecule has 1 N–H and O–H groups in total. The molecule has 4 nitrogen and oxygen atoms in total. The number of ether oxygens (including phenoxy) is 1. The molecule has 192 valence electrons. The maximum absolute atomic E-state index is 12.9. The van der Waals surface area contributed by atoms with E-state index in [-0.39, 0.29) is 30.1 Å². The number of benzene rings is 2. The van der Waals surface area contributed by atoms with E-state index in [9.17, 15) is 22.8 Å². The Morgan fingerprint density at radius 3 is 2.25 bits per heavy atom. The van der Waals surface area contributed by atoms with Crippen molar-refractivity contribution < 1.29 is 27.5 Å². The number of rotatable bonds is 9. The van der Waals surface area contributed by atoms with Gasteiger partial charge in [-0.15, -0.1) is 23.1 Å². The lowest BCUT2D eigenvalue weighted by atomic mass is 9.95. The zero-order valence-electron chi connectivity index (χ0n) is 20.5. The highest BCUT2D eigenvalue weighted by molar-refractivity contribution is 7.99. The summed E-state index contributed by atoms with van der Waals surface area (Å²) < 4.78 is 43.4. The van der Waals surface area contributed by atoms with E-state index in [2.05, 4.69) is 29.1 Å². The second-order valence-electron chi connectivity index (χ2n) is 8.31. The van der Waals surface area contributed by atoms with Gasteiger partial charge in [0.2, 0.25) is 0 Å². The summed E-state index contributed by atoms with van der Waals surface area (Å²) >= 11 is 3.13. The number of nitrogens with one attached hydrogen (secondary N) is 1. The first kappa shape index (κ1) is 27.8. The van der Waals surface area contributed by atoms with E-state index in [0.29, 0.717) is 4.88 Å². The fourth-order valence-electron chi connectivity index (χ4n) is 3.90. The molecule has 0 aliphatic rings. The SMILES string of the molecule is CC[C@@H](Sc1cc(C)c(-c2ccc(C(F)(F)F)cc2)c(C)c1)c1ccc(C(=O)NCCC(=O)OC)s1. The highest BCUT2D eigenvalue weighted by Crippen LogP contribution is 2.43. The Morgan fingerprint density at radius 1 is 1.06 bits per heavy atom. The first-order valence-electron chi connectivity index (χ1n) is 11.4. The molecule has 3 rings (SSSR count). The Morgan fingerprint density at radius 2 is 1.69 bits per heavy atom. The highest BCUT2D eigenvalue weighted by atomic mass is 32.2. The summed E-state index contributed by atoms with van der Waals surface area (Å²) in [6.45, 7) is 6.23. The van der Waals surface area contributed by atoms with Crippen LogP contribution in [0, 0.1) is 13.8 Å². The van der Waals surface area contributed by atoms with Crippen LogP contribution in [0.4, 0.5) is 13.2 Å². The number of aryl methyl sites for hydroxylation is 2. The molecule has 0 unspecified atom stereocenters. The first-order valence-corrected chi connectivity index (χ1v) is 13.1. The normalized spacial score (nSPS) is 12.3. The van der Waals surface area contributed by atoms with Crippen LogP contribution in [0.1, 0.15) is 56.3 Å². The van der Waals surface area contributed by atoms with Gasteiger partial charge in [-0.2, -0.15) is 13.2 Å². The van der Waals surface area contributed by atoms with Gasteiger partial charge in [0.05, 0.1) is 24.0 Å². The second-order valence-corrected chi connectivity index (χ2v) is 10.7. The predicted molar refractivity (Wildman–Crippen MR) is 139 cm³/mol. The Balaban J connectivity index is 1.73. The lowest BCUT2D eigenvalue weighted by Gasteiger charge is -2.17. The number of alkyl halides is 3. The number of halogens is 3. The zero-order valence-corrected chi connectivity index (χ0v) is 22.1. The van der Waals surface area contributed by atoms with E-state index in [1.54, 1.807) is 17.8 Å². The van der Waals surface area contributed by atoms with Crippen LogP contribution in [0.5, 0.6) is 0 Å². The van der Waals surface area contributed by atoms with Crippen molar-refractivity contribution in [3.8, 4) is 11.1 Å². The van der Waals surface area contributed by atoms with Crippen LogP contribution in [-0.4, -0.2) is 25.5 Å². The van der Waals surface area contributed by atoms with E-state index in [0.717, 1.165) is 50.6 Å². The van der Waals surface area contributed by atoms with Crippen LogP contribution in [0.2, 0.25) is 0 Å². The van der Waals surface area contributed by atoms with Crippen molar-refractivity contribution in [3.63, 3.8) is 0 Å². The summed E-state index contributed by atoms with van der Waals surface area (Å²) in [5.74, 6) is -0.595. The lowest BCUT2D eigenvalue weighted by molar-refractivity contribution is -0.140. The van der Waals surface area contributed by atoms with Crippen molar-refractivity contribution >= 4 is 35.0 Å². The fourth-order valence-corrected chi connectivity index (χ4v) is 6.35. The molecular weight excluding hydrogens is 507 g/mol. The summed E-state index contributed by atoms with van der Waals surface area (Å²) in [5, 5.41) is 2.88. The molecule has 0 aliphatic heterocycles. The van der Waals surface area contributed by atoms with Gasteiger partial charge in [0.25, 0.3) is 5.91 Å². The Hall–Kier alpha value is -2.78. The van der Waals surface area contributed by atoms with Gasteiger partial charge in [0.15, 0.2) is 0 Å². The molecule has 1 heterocycles. The van der Waals surface area contributed by atoms with Crippen LogP contribution in [0.25, 0.3) is 11.1 Å². The van der Waals surface area contributed by atoms with Gasteiger partial charge in [0, 0.05) is 21.6 Å². The minimum Gasteiger partial charge on any atom is -0.469 e. The van der Waals surface area contributed by atoms with Crippen molar-refractivity contribution in [2.24, 2.45) is 0 Å². The minimum absolute atomic E-state index is 0.120. The summed E-state index contributed by atoms with van der Waals surface area (Å²) in [6, 6.07) is 13.1. The van der Waals surface area contributed by atoms with Crippen LogP contribution in [0.3, 0.4) is 0 Å².